The van der Waals surface area contributed by atoms with Gasteiger partial charge >= 0.3 is 5.97 Å². The average molecular weight is 576 g/mol. The van der Waals surface area contributed by atoms with Gasteiger partial charge in [-0.2, -0.15) is 5.10 Å². The van der Waals surface area contributed by atoms with Crippen LogP contribution >= 0.6 is 11.8 Å². The maximum absolute atomic E-state index is 12.6. The number of thioether (sulfide) groups is 1. The first-order valence-corrected chi connectivity index (χ1v) is 13.4. The molecule has 0 bridgehead atoms. The van der Waals surface area contributed by atoms with E-state index in [2.05, 4.69) is 20.7 Å². The molecule has 12 heteroatoms. The Bertz CT molecular complexity index is 1530. The van der Waals surface area contributed by atoms with Crippen molar-refractivity contribution in [3.05, 3.63) is 71.8 Å². The molecule has 1 heterocycles. The lowest BCUT2D eigenvalue weighted by Crippen LogP contribution is -2.20. The van der Waals surface area contributed by atoms with Crippen LogP contribution in [0.2, 0.25) is 0 Å². The quantitative estimate of drug-likeness (QED) is 0.0908. The lowest BCUT2D eigenvalue weighted by atomic mass is 10.1. The number of nitrogens with zero attached hydrogens (tertiary/aromatic N) is 4. The van der Waals surface area contributed by atoms with Gasteiger partial charge in [0, 0.05) is 23.7 Å². The lowest BCUT2D eigenvalue weighted by Gasteiger charge is -2.13. The summed E-state index contributed by atoms with van der Waals surface area (Å²) in [5.41, 5.74) is 5.92. The zero-order valence-corrected chi connectivity index (χ0v) is 24.0. The van der Waals surface area contributed by atoms with E-state index in [9.17, 15) is 9.59 Å². The summed E-state index contributed by atoms with van der Waals surface area (Å²) in [5, 5.41) is 13.4. The number of hydrogen-bond acceptors (Lipinski definition) is 10. The van der Waals surface area contributed by atoms with Crippen molar-refractivity contribution < 1.29 is 28.5 Å². The number of aromatic nitrogens is 3. The smallest absolute Gasteiger partial charge is 0.308 e. The van der Waals surface area contributed by atoms with Gasteiger partial charge in [0.2, 0.25) is 5.75 Å². The highest BCUT2D eigenvalue weighted by atomic mass is 32.2. The molecule has 0 aliphatic carbocycles. The number of carbonyl (C=O) groups is 2. The van der Waals surface area contributed by atoms with Crippen molar-refractivity contribution in [3.63, 3.8) is 0 Å². The van der Waals surface area contributed by atoms with E-state index in [1.807, 2.05) is 60.0 Å². The minimum atomic E-state index is -0.512. The number of hydrogen-bond donors (Lipinski definition) is 1. The Morgan fingerprint density at radius 2 is 1.61 bits per heavy atom. The number of amides is 1. The second-order valence-corrected chi connectivity index (χ2v) is 9.58. The minimum absolute atomic E-state index is 0.0392. The van der Waals surface area contributed by atoms with Crippen LogP contribution in [-0.4, -0.2) is 59.9 Å². The normalized spacial score (nSPS) is 10.9. The van der Waals surface area contributed by atoms with Crippen molar-refractivity contribution in [2.75, 3.05) is 27.1 Å². The van der Waals surface area contributed by atoms with Gasteiger partial charge in [-0.15, -0.1) is 10.2 Å². The molecule has 4 rings (SSSR count). The summed E-state index contributed by atoms with van der Waals surface area (Å²) in [6, 6.07) is 18.7. The third kappa shape index (κ3) is 7.22. The van der Waals surface area contributed by atoms with E-state index in [0.717, 1.165) is 22.6 Å². The largest absolute Gasteiger partial charge is 0.497 e. The van der Waals surface area contributed by atoms with E-state index in [0.29, 0.717) is 16.5 Å². The SMILES string of the molecule is COc1ccc(-n2c(SCC(=O)NN=Cc3cc(OC)c(OC(C)=O)c(OC)c3)nnc2-c2ccc(C)cc2)cc1. The molecular formula is C29H29N5O6S. The maximum Gasteiger partial charge on any atom is 0.308 e. The van der Waals surface area contributed by atoms with Crippen LogP contribution in [0.15, 0.2) is 70.9 Å². The summed E-state index contributed by atoms with van der Waals surface area (Å²) >= 11 is 1.23. The van der Waals surface area contributed by atoms with Crippen LogP contribution in [0.25, 0.3) is 17.1 Å². The molecule has 0 radical (unpaired) electrons. The van der Waals surface area contributed by atoms with Crippen LogP contribution in [0.3, 0.4) is 0 Å². The molecule has 0 aliphatic heterocycles. The van der Waals surface area contributed by atoms with E-state index in [1.165, 1.54) is 39.1 Å². The number of methoxy groups -OCH3 is 3. The molecule has 0 unspecified atom stereocenters. The van der Waals surface area contributed by atoms with Crippen LogP contribution in [0.1, 0.15) is 18.1 Å². The van der Waals surface area contributed by atoms with Crippen molar-refractivity contribution in [1.29, 1.82) is 0 Å². The van der Waals surface area contributed by atoms with Crippen molar-refractivity contribution in [3.8, 4) is 40.1 Å². The van der Waals surface area contributed by atoms with Crippen molar-refractivity contribution >= 4 is 29.9 Å². The van der Waals surface area contributed by atoms with Gasteiger partial charge in [0.1, 0.15) is 5.75 Å². The highest BCUT2D eigenvalue weighted by Gasteiger charge is 2.18. The highest BCUT2D eigenvalue weighted by molar-refractivity contribution is 7.99. The molecule has 0 spiro atoms. The van der Waals surface area contributed by atoms with Gasteiger partial charge in [0.15, 0.2) is 22.5 Å². The molecule has 1 N–H and O–H groups in total. The molecule has 0 aliphatic rings. The van der Waals surface area contributed by atoms with Gasteiger partial charge in [-0.1, -0.05) is 41.6 Å². The number of esters is 1. The number of aryl methyl sites for hydroxylation is 1. The maximum atomic E-state index is 12.6. The van der Waals surface area contributed by atoms with Gasteiger partial charge in [-0.3, -0.25) is 14.2 Å². The summed E-state index contributed by atoms with van der Waals surface area (Å²) in [6.45, 7) is 3.30. The summed E-state index contributed by atoms with van der Waals surface area (Å²) in [4.78, 5) is 24.1. The molecule has 3 aromatic carbocycles. The standard InChI is InChI=1S/C29H29N5O6S/c1-18-6-8-21(9-7-18)28-32-33-29(34(28)22-10-12-23(37-3)13-11-22)41-17-26(36)31-30-16-20-14-24(38-4)27(40-19(2)35)25(15-20)39-5/h6-16H,17H2,1-5H3,(H,31,36). The molecule has 1 aromatic heterocycles. The fourth-order valence-electron chi connectivity index (χ4n) is 3.78. The Morgan fingerprint density at radius 1 is 0.951 bits per heavy atom. The summed E-state index contributed by atoms with van der Waals surface area (Å²) in [5.74, 6) is 1.28. The Kier molecular flexibility index (Phi) is 9.59. The Hall–Kier alpha value is -4.84. The number of ether oxygens (including phenoxy) is 4. The van der Waals surface area contributed by atoms with Crippen LogP contribution in [0.4, 0.5) is 0 Å². The number of nitrogens with one attached hydrogen (secondary N) is 1. The minimum Gasteiger partial charge on any atom is -0.497 e. The first-order valence-electron chi connectivity index (χ1n) is 12.4. The fraction of sp³-hybridized carbons (Fsp3) is 0.207. The van der Waals surface area contributed by atoms with Gasteiger partial charge in [0.05, 0.1) is 33.3 Å². The van der Waals surface area contributed by atoms with Crippen LogP contribution < -0.4 is 24.4 Å². The molecule has 212 valence electrons. The van der Waals surface area contributed by atoms with Crippen molar-refractivity contribution in [2.24, 2.45) is 5.10 Å². The average Bonchev–Trinajstić information content (AvgIpc) is 3.40. The molecule has 11 nitrogen and oxygen atoms in total. The van der Waals surface area contributed by atoms with E-state index >= 15 is 0 Å². The molecule has 0 atom stereocenters. The number of carbonyl (C=O) groups excluding carboxylic acids is 2. The van der Waals surface area contributed by atoms with Gasteiger partial charge < -0.3 is 18.9 Å². The molecule has 4 aromatic rings. The van der Waals surface area contributed by atoms with Crippen LogP contribution in [0.5, 0.6) is 23.0 Å². The third-order valence-electron chi connectivity index (χ3n) is 5.74. The Labute approximate surface area is 241 Å². The second kappa shape index (κ2) is 13.5. The van der Waals surface area contributed by atoms with E-state index in [1.54, 1.807) is 19.2 Å². The molecule has 41 heavy (non-hydrogen) atoms. The Morgan fingerprint density at radius 3 is 2.20 bits per heavy atom. The van der Waals surface area contributed by atoms with E-state index in [4.69, 9.17) is 18.9 Å². The molecule has 0 fully saturated rings. The number of benzene rings is 3. The van der Waals surface area contributed by atoms with E-state index in [-0.39, 0.29) is 28.9 Å². The monoisotopic (exact) mass is 575 g/mol. The van der Waals surface area contributed by atoms with Crippen LogP contribution in [0, 0.1) is 6.92 Å². The third-order valence-corrected chi connectivity index (χ3v) is 6.67. The fourth-order valence-corrected chi connectivity index (χ4v) is 4.52. The topological polar surface area (TPSA) is 126 Å². The highest BCUT2D eigenvalue weighted by Crippen LogP contribution is 2.38. The van der Waals surface area contributed by atoms with Gasteiger partial charge in [-0.25, -0.2) is 5.43 Å². The van der Waals surface area contributed by atoms with Gasteiger partial charge in [-0.05, 0) is 43.3 Å². The molecular weight excluding hydrogens is 546 g/mol. The van der Waals surface area contributed by atoms with Crippen molar-refractivity contribution in [1.82, 2.24) is 20.2 Å². The molecule has 0 saturated carbocycles. The predicted octanol–water partition coefficient (Wildman–Crippen LogP) is 4.44. The van der Waals surface area contributed by atoms with Crippen molar-refractivity contribution in [2.45, 2.75) is 19.0 Å². The molecule has 1 amide bonds. The first kappa shape index (κ1) is 29.2. The van der Waals surface area contributed by atoms with Crippen LogP contribution in [-0.2, 0) is 9.59 Å². The number of rotatable bonds is 11. The van der Waals surface area contributed by atoms with Gasteiger partial charge in [0.25, 0.3) is 5.91 Å². The summed E-state index contributed by atoms with van der Waals surface area (Å²) < 4.78 is 23.0. The summed E-state index contributed by atoms with van der Waals surface area (Å²) in [6.07, 6.45) is 1.43. The predicted molar refractivity (Wildman–Crippen MR) is 155 cm³/mol. The lowest BCUT2D eigenvalue weighted by molar-refractivity contribution is -0.132. The van der Waals surface area contributed by atoms with E-state index < -0.39 is 5.97 Å². The molecule has 0 saturated heterocycles. The first-order chi connectivity index (χ1) is 19.8. The Balaban J connectivity index is 1.49. The zero-order valence-electron chi connectivity index (χ0n) is 23.2. The zero-order chi connectivity index (χ0) is 29.4. The number of hydrazone groups is 1. The second-order valence-electron chi connectivity index (χ2n) is 8.64. The summed E-state index contributed by atoms with van der Waals surface area (Å²) in [7, 11) is 4.49.